The van der Waals surface area contributed by atoms with E-state index in [9.17, 15) is 14.9 Å². The zero-order valence-electron chi connectivity index (χ0n) is 13.8. The van der Waals surface area contributed by atoms with Gasteiger partial charge in [-0.05, 0) is 42.3 Å². The number of rotatable bonds is 6. The van der Waals surface area contributed by atoms with Gasteiger partial charge in [-0.2, -0.15) is 0 Å². The van der Waals surface area contributed by atoms with Crippen LogP contribution in [0.4, 0.5) is 5.69 Å². The topological polar surface area (TPSA) is 78.7 Å². The molecule has 0 heterocycles. The molecule has 6 nitrogen and oxygen atoms in total. The van der Waals surface area contributed by atoms with E-state index < -0.39 is 10.9 Å². The van der Waals surface area contributed by atoms with Crippen molar-refractivity contribution in [3.63, 3.8) is 0 Å². The van der Waals surface area contributed by atoms with E-state index in [1.807, 2.05) is 31.2 Å². The third-order valence-electron chi connectivity index (χ3n) is 3.39. The van der Waals surface area contributed by atoms with Gasteiger partial charge >= 0.3 is 5.97 Å². The summed E-state index contributed by atoms with van der Waals surface area (Å²) in [7, 11) is 1.61. The quantitative estimate of drug-likeness (QED) is 0.197. The number of hydrogen-bond acceptors (Lipinski definition) is 5. The Balaban J connectivity index is 1.95. The van der Waals surface area contributed by atoms with Crippen molar-refractivity contribution in [1.82, 2.24) is 0 Å². The average Bonchev–Trinajstić information content (AvgIpc) is 2.62. The standard InChI is InChI=1S/C19H17NO5/c1-14(15-6-10-17(24-2)11-7-15)4-3-5-19(21)25-18-12-8-16(9-13-18)20(22)23/h3-13H,1-2H3. The van der Waals surface area contributed by atoms with Gasteiger partial charge < -0.3 is 9.47 Å². The van der Waals surface area contributed by atoms with Gasteiger partial charge in [0.2, 0.25) is 0 Å². The molecule has 0 aliphatic carbocycles. The van der Waals surface area contributed by atoms with Crippen molar-refractivity contribution in [2.24, 2.45) is 0 Å². The zero-order chi connectivity index (χ0) is 18.2. The molecule has 0 aromatic heterocycles. The van der Waals surface area contributed by atoms with Gasteiger partial charge in [0.05, 0.1) is 12.0 Å². The summed E-state index contributed by atoms with van der Waals surface area (Å²) in [6.45, 7) is 1.92. The van der Waals surface area contributed by atoms with Gasteiger partial charge in [-0.3, -0.25) is 10.1 Å². The van der Waals surface area contributed by atoms with Gasteiger partial charge in [-0.25, -0.2) is 4.79 Å². The smallest absolute Gasteiger partial charge is 0.336 e. The number of nitrogens with zero attached hydrogens (tertiary/aromatic N) is 1. The molecule has 0 bridgehead atoms. The first kappa shape index (κ1) is 17.9. The summed E-state index contributed by atoms with van der Waals surface area (Å²) in [5, 5.41) is 10.6. The summed E-state index contributed by atoms with van der Waals surface area (Å²) < 4.78 is 10.2. The molecule has 2 aromatic rings. The van der Waals surface area contributed by atoms with Crippen LogP contribution in [0.3, 0.4) is 0 Å². The third kappa shape index (κ3) is 5.31. The molecule has 0 amide bonds. The molecule has 0 aliphatic heterocycles. The van der Waals surface area contributed by atoms with Crippen LogP contribution in [0.1, 0.15) is 12.5 Å². The molecule has 128 valence electrons. The number of nitro benzene ring substituents is 1. The zero-order valence-corrected chi connectivity index (χ0v) is 13.8. The van der Waals surface area contributed by atoms with Gasteiger partial charge in [-0.1, -0.05) is 24.3 Å². The van der Waals surface area contributed by atoms with Crippen LogP contribution in [0.5, 0.6) is 11.5 Å². The lowest BCUT2D eigenvalue weighted by Crippen LogP contribution is -2.03. The largest absolute Gasteiger partial charge is 0.497 e. The Hall–Kier alpha value is -3.41. The Morgan fingerprint density at radius 3 is 2.20 bits per heavy atom. The summed E-state index contributed by atoms with van der Waals surface area (Å²) in [5.41, 5.74) is 1.92. The van der Waals surface area contributed by atoms with Gasteiger partial charge in [0.15, 0.2) is 0 Å². The number of benzene rings is 2. The summed E-state index contributed by atoms with van der Waals surface area (Å²) in [6, 6.07) is 12.9. The first-order chi connectivity index (χ1) is 12.0. The maximum absolute atomic E-state index is 11.7. The van der Waals surface area contributed by atoms with Crippen molar-refractivity contribution in [2.75, 3.05) is 7.11 Å². The second-order valence-electron chi connectivity index (χ2n) is 5.11. The molecule has 0 aliphatic rings. The summed E-state index contributed by atoms with van der Waals surface area (Å²) in [4.78, 5) is 21.8. The first-order valence-electron chi connectivity index (χ1n) is 7.45. The van der Waals surface area contributed by atoms with Crippen LogP contribution < -0.4 is 9.47 Å². The van der Waals surface area contributed by atoms with Crippen molar-refractivity contribution in [3.05, 3.63) is 82.4 Å². The lowest BCUT2D eigenvalue weighted by molar-refractivity contribution is -0.384. The molecule has 0 atom stereocenters. The number of ether oxygens (including phenoxy) is 2. The van der Waals surface area contributed by atoms with Gasteiger partial charge in [-0.15, -0.1) is 0 Å². The van der Waals surface area contributed by atoms with Crippen LogP contribution >= 0.6 is 0 Å². The number of carbonyl (C=O) groups is 1. The second kappa shape index (κ2) is 8.44. The van der Waals surface area contributed by atoms with Gasteiger partial charge in [0, 0.05) is 18.2 Å². The van der Waals surface area contributed by atoms with Crippen molar-refractivity contribution in [2.45, 2.75) is 6.92 Å². The minimum Gasteiger partial charge on any atom is -0.497 e. The van der Waals surface area contributed by atoms with Crippen LogP contribution in [0, 0.1) is 10.1 Å². The van der Waals surface area contributed by atoms with E-state index in [2.05, 4.69) is 0 Å². The number of hydrogen-bond donors (Lipinski definition) is 0. The fraction of sp³-hybridized carbons (Fsp3) is 0.105. The Kier molecular flexibility index (Phi) is 6.06. The van der Waals surface area contributed by atoms with Crippen LogP contribution in [-0.4, -0.2) is 18.0 Å². The normalized spacial score (nSPS) is 11.4. The number of non-ortho nitro benzene ring substituents is 1. The van der Waals surface area contributed by atoms with E-state index in [0.717, 1.165) is 16.9 Å². The molecular formula is C19H17NO5. The number of esters is 1. The van der Waals surface area contributed by atoms with Crippen LogP contribution in [0.25, 0.3) is 5.57 Å². The van der Waals surface area contributed by atoms with Crippen LogP contribution in [-0.2, 0) is 4.79 Å². The Bertz CT molecular complexity index is 805. The van der Waals surface area contributed by atoms with Crippen molar-refractivity contribution >= 4 is 17.2 Å². The van der Waals surface area contributed by atoms with Gasteiger partial charge in [0.25, 0.3) is 5.69 Å². The molecule has 0 N–H and O–H groups in total. The van der Waals surface area contributed by atoms with E-state index >= 15 is 0 Å². The molecule has 2 rings (SSSR count). The highest BCUT2D eigenvalue weighted by Gasteiger charge is 2.06. The highest BCUT2D eigenvalue weighted by atomic mass is 16.6. The minimum atomic E-state index is -0.562. The first-order valence-corrected chi connectivity index (χ1v) is 7.45. The maximum Gasteiger partial charge on any atom is 0.336 e. The number of carbonyl (C=O) groups excluding carboxylic acids is 1. The predicted molar refractivity (Wildman–Crippen MR) is 94.5 cm³/mol. The average molecular weight is 339 g/mol. The molecule has 0 saturated heterocycles. The monoisotopic (exact) mass is 339 g/mol. The van der Waals surface area contributed by atoms with E-state index in [-0.39, 0.29) is 11.4 Å². The highest BCUT2D eigenvalue weighted by Crippen LogP contribution is 2.19. The molecule has 25 heavy (non-hydrogen) atoms. The van der Waals surface area contributed by atoms with Crippen molar-refractivity contribution in [3.8, 4) is 11.5 Å². The Labute approximate surface area is 145 Å². The van der Waals surface area contributed by atoms with Crippen molar-refractivity contribution in [1.29, 1.82) is 0 Å². The number of methoxy groups -OCH3 is 1. The fourth-order valence-corrected chi connectivity index (χ4v) is 2.01. The van der Waals surface area contributed by atoms with Gasteiger partial charge in [0.1, 0.15) is 11.5 Å². The fourth-order valence-electron chi connectivity index (χ4n) is 2.01. The Morgan fingerprint density at radius 1 is 1.04 bits per heavy atom. The molecule has 0 spiro atoms. The maximum atomic E-state index is 11.7. The SMILES string of the molecule is COc1ccc(C(C)=CC=CC(=O)Oc2ccc([N+](=O)[O-])cc2)cc1. The molecule has 0 radical (unpaired) electrons. The molecule has 2 aromatic carbocycles. The summed E-state index contributed by atoms with van der Waals surface area (Å²) in [5.74, 6) is 0.461. The number of nitro groups is 1. The van der Waals surface area contributed by atoms with E-state index in [0.29, 0.717) is 0 Å². The molecule has 6 heteroatoms. The second-order valence-corrected chi connectivity index (χ2v) is 5.11. The molecular weight excluding hydrogens is 322 g/mol. The van der Waals surface area contributed by atoms with E-state index in [4.69, 9.17) is 9.47 Å². The summed E-state index contributed by atoms with van der Waals surface area (Å²) >= 11 is 0. The predicted octanol–water partition coefficient (Wildman–Crippen LogP) is 4.17. The highest BCUT2D eigenvalue weighted by molar-refractivity contribution is 5.84. The van der Waals surface area contributed by atoms with Crippen molar-refractivity contribution < 1.29 is 19.2 Å². The Morgan fingerprint density at radius 2 is 1.64 bits per heavy atom. The molecule has 0 saturated carbocycles. The number of allylic oxidation sites excluding steroid dienone is 3. The molecule has 0 fully saturated rings. The van der Waals surface area contributed by atoms with Crippen LogP contribution in [0.2, 0.25) is 0 Å². The third-order valence-corrected chi connectivity index (χ3v) is 3.39. The lowest BCUT2D eigenvalue weighted by Gasteiger charge is -2.03. The van der Waals surface area contributed by atoms with E-state index in [1.54, 1.807) is 19.3 Å². The van der Waals surface area contributed by atoms with E-state index in [1.165, 1.54) is 30.3 Å². The summed E-state index contributed by atoms with van der Waals surface area (Å²) in [6.07, 6.45) is 4.67. The lowest BCUT2D eigenvalue weighted by atomic mass is 10.1. The minimum absolute atomic E-state index is 0.0617. The molecule has 0 unspecified atom stereocenters. The van der Waals surface area contributed by atoms with Crippen LogP contribution in [0.15, 0.2) is 66.8 Å².